The van der Waals surface area contributed by atoms with E-state index in [1.165, 1.54) is 18.6 Å². The zero-order valence-corrected chi connectivity index (χ0v) is 13.7. The van der Waals surface area contributed by atoms with Crippen molar-refractivity contribution in [2.24, 2.45) is 0 Å². The molecule has 2 atom stereocenters. The third-order valence-corrected chi connectivity index (χ3v) is 5.03. The van der Waals surface area contributed by atoms with Gasteiger partial charge in [0.05, 0.1) is 7.11 Å². The summed E-state index contributed by atoms with van der Waals surface area (Å²) in [5.41, 5.74) is 1.04. The maximum Gasteiger partial charge on any atom is 0.223 e. The number of benzene rings is 1. The van der Waals surface area contributed by atoms with Crippen molar-refractivity contribution >= 4 is 11.8 Å². The van der Waals surface area contributed by atoms with Gasteiger partial charge >= 0.3 is 0 Å². The molecule has 2 heterocycles. The number of hydrogen-bond acceptors (Lipinski definition) is 6. The molecule has 1 saturated heterocycles. The number of aryl methyl sites for hydroxylation is 1. The fourth-order valence-corrected chi connectivity index (χ4v) is 3.83. The van der Waals surface area contributed by atoms with E-state index >= 15 is 0 Å². The largest absolute Gasteiger partial charge is 0.496 e. The minimum Gasteiger partial charge on any atom is -0.496 e. The molecule has 0 unspecified atom stereocenters. The highest BCUT2D eigenvalue weighted by molar-refractivity contribution is 7.99. The molecule has 0 bridgehead atoms. The maximum absolute atomic E-state index is 5.51. The van der Waals surface area contributed by atoms with Crippen molar-refractivity contribution in [3.63, 3.8) is 0 Å². The van der Waals surface area contributed by atoms with Gasteiger partial charge in [0.25, 0.3) is 0 Å². The first-order valence-electron chi connectivity index (χ1n) is 7.55. The topological polar surface area (TPSA) is 60.2 Å². The van der Waals surface area contributed by atoms with Gasteiger partial charge in [0.1, 0.15) is 11.8 Å². The van der Waals surface area contributed by atoms with Gasteiger partial charge in [-0.3, -0.25) is 5.32 Å². The first-order valence-corrected chi connectivity index (χ1v) is 8.70. The number of nitrogens with one attached hydrogen (secondary N) is 1. The lowest BCUT2D eigenvalue weighted by atomic mass is 10.0. The molecule has 0 radical (unpaired) electrons. The molecule has 5 nitrogen and oxygen atoms in total. The molecule has 1 N–H and O–H groups in total. The molecule has 0 spiro atoms. The van der Waals surface area contributed by atoms with E-state index < -0.39 is 0 Å². The monoisotopic (exact) mass is 319 g/mol. The number of ether oxygens (including phenoxy) is 1. The zero-order valence-electron chi connectivity index (χ0n) is 12.9. The van der Waals surface area contributed by atoms with E-state index in [-0.39, 0.29) is 6.04 Å². The number of hydrogen-bond donors (Lipinski definition) is 1. The highest BCUT2D eigenvalue weighted by atomic mass is 32.2. The minimum absolute atomic E-state index is 0.114. The van der Waals surface area contributed by atoms with Crippen LogP contribution in [-0.2, 0) is 0 Å². The van der Waals surface area contributed by atoms with E-state index in [1.807, 2.05) is 36.9 Å². The molecular weight excluding hydrogens is 298 g/mol. The van der Waals surface area contributed by atoms with Crippen LogP contribution in [0.3, 0.4) is 0 Å². The van der Waals surface area contributed by atoms with E-state index in [0.717, 1.165) is 17.1 Å². The van der Waals surface area contributed by atoms with Crippen molar-refractivity contribution in [2.75, 3.05) is 18.6 Å². The van der Waals surface area contributed by atoms with E-state index in [9.17, 15) is 0 Å². The smallest absolute Gasteiger partial charge is 0.223 e. The summed E-state index contributed by atoms with van der Waals surface area (Å²) in [5.74, 6) is 4.44. The van der Waals surface area contributed by atoms with Crippen LogP contribution >= 0.6 is 11.8 Å². The van der Waals surface area contributed by atoms with Crippen molar-refractivity contribution in [1.29, 1.82) is 0 Å². The first-order chi connectivity index (χ1) is 10.8. The Balaban J connectivity index is 1.91. The molecule has 0 aliphatic carbocycles. The summed E-state index contributed by atoms with van der Waals surface area (Å²) in [6, 6.07) is 8.33. The summed E-state index contributed by atoms with van der Waals surface area (Å²) in [4.78, 5) is 4.43. The van der Waals surface area contributed by atoms with Gasteiger partial charge in [-0.2, -0.15) is 16.7 Å². The lowest BCUT2D eigenvalue weighted by molar-refractivity contribution is 0.369. The van der Waals surface area contributed by atoms with Crippen molar-refractivity contribution in [2.45, 2.75) is 31.8 Å². The summed E-state index contributed by atoms with van der Waals surface area (Å²) in [5, 5.41) is 7.81. The molecule has 0 amide bonds. The number of aromatic nitrogens is 2. The number of nitrogens with zero attached hydrogens (tertiary/aromatic N) is 2. The van der Waals surface area contributed by atoms with Crippen LogP contribution in [0.5, 0.6) is 5.75 Å². The van der Waals surface area contributed by atoms with Gasteiger partial charge in [-0.05, 0) is 24.7 Å². The molecule has 3 rings (SSSR count). The zero-order chi connectivity index (χ0) is 15.4. The minimum atomic E-state index is -0.114. The van der Waals surface area contributed by atoms with Crippen LogP contribution in [-0.4, -0.2) is 34.8 Å². The first kappa shape index (κ1) is 15.4. The van der Waals surface area contributed by atoms with Crippen LogP contribution in [0.1, 0.15) is 36.2 Å². The SMILES string of the molecule is COc1ccccc1[C@H](N[C@@H]1CCCSC1)c1noc(C)n1. The average molecular weight is 319 g/mol. The van der Waals surface area contributed by atoms with Crippen LogP contribution in [0.25, 0.3) is 0 Å². The van der Waals surface area contributed by atoms with E-state index in [4.69, 9.17) is 9.26 Å². The summed E-state index contributed by atoms with van der Waals surface area (Å²) in [6.07, 6.45) is 2.42. The Hall–Kier alpha value is -1.53. The molecule has 1 aromatic heterocycles. The number of methoxy groups -OCH3 is 1. The van der Waals surface area contributed by atoms with Gasteiger partial charge in [0, 0.05) is 24.3 Å². The Morgan fingerprint density at radius 2 is 2.27 bits per heavy atom. The third kappa shape index (κ3) is 3.44. The summed E-state index contributed by atoms with van der Waals surface area (Å²) < 4.78 is 10.7. The molecule has 1 aliphatic heterocycles. The molecule has 118 valence electrons. The fraction of sp³-hybridized carbons (Fsp3) is 0.500. The average Bonchev–Trinajstić information content (AvgIpc) is 3.00. The van der Waals surface area contributed by atoms with Crippen LogP contribution in [0, 0.1) is 6.92 Å². The Labute approximate surface area is 134 Å². The van der Waals surface area contributed by atoms with Crippen molar-refractivity contribution < 1.29 is 9.26 Å². The van der Waals surface area contributed by atoms with Crippen LogP contribution in [0.15, 0.2) is 28.8 Å². The molecule has 1 aromatic carbocycles. The van der Waals surface area contributed by atoms with Gasteiger partial charge in [-0.25, -0.2) is 0 Å². The van der Waals surface area contributed by atoms with Crippen molar-refractivity contribution in [3.05, 3.63) is 41.5 Å². The molecule has 22 heavy (non-hydrogen) atoms. The number of para-hydroxylation sites is 1. The molecule has 0 saturated carbocycles. The molecule has 2 aromatic rings. The molecular formula is C16H21N3O2S. The predicted octanol–water partition coefficient (Wildman–Crippen LogP) is 2.96. The second-order valence-corrected chi connectivity index (χ2v) is 6.58. The second-order valence-electron chi connectivity index (χ2n) is 5.43. The van der Waals surface area contributed by atoms with E-state index in [1.54, 1.807) is 7.11 Å². The lowest BCUT2D eigenvalue weighted by Gasteiger charge is -2.27. The van der Waals surface area contributed by atoms with Gasteiger partial charge in [0.2, 0.25) is 5.89 Å². The second kappa shape index (κ2) is 7.15. The maximum atomic E-state index is 5.51. The highest BCUT2D eigenvalue weighted by Crippen LogP contribution is 2.30. The van der Waals surface area contributed by atoms with Gasteiger partial charge in [-0.15, -0.1) is 0 Å². The third-order valence-electron chi connectivity index (χ3n) is 3.81. The standard InChI is InChI=1S/C16H21N3O2S/c1-11-17-16(19-21-11)15(18-12-6-5-9-22-10-12)13-7-3-4-8-14(13)20-2/h3-4,7-8,12,15,18H,5-6,9-10H2,1-2H3/t12-,15+/m1/s1. The number of rotatable bonds is 5. The Bertz CT molecular complexity index is 611. The van der Waals surface area contributed by atoms with E-state index in [2.05, 4.69) is 21.5 Å². The van der Waals surface area contributed by atoms with Crippen LogP contribution < -0.4 is 10.1 Å². The normalized spacial score (nSPS) is 19.8. The Kier molecular flexibility index (Phi) is 5.00. The number of thioether (sulfide) groups is 1. The summed E-state index contributed by atoms with van der Waals surface area (Å²) >= 11 is 1.99. The summed E-state index contributed by atoms with van der Waals surface area (Å²) in [7, 11) is 1.69. The predicted molar refractivity (Wildman–Crippen MR) is 87.4 cm³/mol. The van der Waals surface area contributed by atoms with Gasteiger partial charge in [0.15, 0.2) is 5.82 Å². The Morgan fingerprint density at radius 3 is 2.95 bits per heavy atom. The molecule has 1 fully saturated rings. The summed E-state index contributed by atoms with van der Waals surface area (Å²) in [6.45, 7) is 1.81. The van der Waals surface area contributed by atoms with Crippen molar-refractivity contribution in [3.8, 4) is 5.75 Å². The van der Waals surface area contributed by atoms with Gasteiger partial charge in [-0.1, -0.05) is 23.4 Å². The van der Waals surface area contributed by atoms with E-state index in [0.29, 0.717) is 17.8 Å². The fourth-order valence-electron chi connectivity index (χ4n) is 2.75. The highest BCUT2D eigenvalue weighted by Gasteiger charge is 2.26. The lowest BCUT2D eigenvalue weighted by Crippen LogP contribution is -2.37. The van der Waals surface area contributed by atoms with Crippen molar-refractivity contribution in [1.82, 2.24) is 15.5 Å². The molecule has 1 aliphatic rings. The van der Waals surface area contributed by atoms with Gasteiger partial charge < -0.3 is 9.26 Å². The Morgan fingerprint density at radius 1 is 1.41 bits per heavy atom. The van der Waals surface area contributed by atoms with Crippen LogP contribution in [0.2, 0.25) is 0 Å². The molecule has 6 heteroatoms. The quantitative estimate of drug-likeness (QED) is 0.914. The van der Waals surface area contributed by atoms with Crippen LogP contribution in [0.4, 0.5) is 0 Å².